The highest BCUT2D eigenvalue weighted by atomic mass is 31.2. The minimum Gasteiger partial charge on any atom is -0.323 e. The van der Waals surface area contributed by atoms with Crippen LogP contribution in [0, 0.1) is 0 Å². The summed E-state index contributed by atoms with van der Waals surface area (Å²) in [5.74, 6) is -0.244. The van der Waals surface area contributed by atoms with Crippen LogP contribution in [0.3, 0.4) is 0 Å². The van der Waals surface area contributed by atoms with Gasteiger partial charge in [0.15, 0.2) is 0 Å². The van der Waals surface area contributed by atoms with E-state index in [4.69, 9.17) is 0 Å². The lowest BCUT2D eigenvalue weighted by atomic mass is 10.3. The molecular weight excluding hydrogens is 233 g/mol. The Morgan fingerprint density at radius 1 is 1.35 bits per heavy atom. The zero-order valence-corrected chi connectivity index (χ0v) is 10.6. The van der Waals surface area contributed by atoms with Crippen molar-refractivity contribution in [3.63, 3.8) is 0 Å². The van der Waals surface area contributed by atoms with Crippen LogP contribution in [0.25, 0.3) is 0 Å². The predicted molar refractivity (Wildman–Crippen MR) is 71.5 cm³/mol. The third kappa shape index (κ3) is 2.67. The molecule has 1 amide bonds. The number of benzene rings is 1. The van der Waals surface area contributed by atoms with E-state index in [1.165, 1.54) is 6.08 Å². The van der Waals surface area contributed by atoms with Gasteiger partial charge >= 0.3 is 0 Å². The molecule has 4 heteroatoms. The van der Waals surface area contributed by atoms with Gasteiger partial charge in [-0.05, 0) is 31.1 Å². The van der Waals surface area contributed by atoms with E-state index in [9.17, 15) is 9.36 Å². The highest BCUT2D eigenvalue weighted by Crippen LogP contribution is 2.51. The second-order valence-electron chi connectivity index (χ2n) is 4.29. The molecule has 1 aliphatic rings. The quantitative estimate of drug-likeness (QED) is 0.661. The molecule has 0 saturated carbocycles. The second kappa shape index (κ2) is 4.89. The molecule has 1 heterocycles. The Bertz CT molecular complexity index is 486. The first kappa shape index (κ1) is 12.1. The zero-order chi connectivity index (χ0) is 12.3. The van der Waals surface area contributed by atoms with Crippen molar-refractivity contribution in [2.45, 2.75) is 12.8 Å². The number of carbonyl (C=O) groups is 1. The van der Waals surface area contributed by atoms with Crippen LogP contribution in [0.4, 0.5) is 5.69 Å². The van der Waals surface area contributed by atoms with Crippen molar-refractivity contribution in [3.05, 3.63) is 36.9 Å². The molecule has 1 saturated heterocycles. The van der Waals surface area contributed by atoms with E-state index in [0.717, 1.165) is 30.5 Å². The van der Waals surface area contributed by atoms with Gasteiger partial charge in [-0.2, -0.15) is 0 Å². The molecule has 1 fully saturated rings. The summed E-state index contributed by atoms with van der Waals surface area (Å²) < 4.78 is 12.6. The SMILES string of the molecule is C=CC(=O)Nc1cccc(P2(=O)CCCC2)c1. The van der Waals surface area contributed by atoms with Crippen LogP contribution >= 0.6 is 7.14 Å². The van der Waals surface area contributed by atoms with Gasteiger partial charge in [0.05, 0.1) is 0 Å². The lowest BCUT2D eigenvalue weighted by Gasteiger charge is -2.12. The first-order valence-electron chi connectivity index (χ1n) is 5.76. The molecule has 1 N–H and O–H groups in total. The molecule has 1 aliphatic heterocycles. The normalized spacial score (nSPS) is 17.6. The smallest absolute Gasteiger partial charge is 0.247 e. The van der Waals surface area contributed by atoms with E-state index in [1.54, 1.807) is 6.07 Å². The average Bonchev–Trinajstić information content (AvgIpc) is 2.78. The van der Waals surface area contributed by atoms with Crippen molar-refractivity contribution in [3.8, 4) is 0 Å². The van der Waals surface area contributed by atoms with Crippen LogP contribution in [-0.2, 0) is 9.36 Å². The molecule has 0 spiro atoms. The fourth-order valence-corrected chi connectivity index (χ4v) is 5.08. The van der Waals surface area contributed by atoms with Crippen molar-refractivity contribution in [2.75, 3.05) is 17.6 Å². The van der Waals surface area contributed by atoms with E-state index < -0.39 is 7.14 Å². The topological polar surface area (TPSA) is 46.2 Å². The van der Waals surface area contributed by atoms with E-state index in [1.807, 2.05) is 18.2 Å². The van der Waals surface area contributed by atoms with Crippen LogP contribution in [0.2, 0.25) is 0 Å². The minimum atomic E-state index is -2.18. The van der Waals surface area contributed by atoms with E-state index in [-0.39, 0.29) is 5.91 Å². The van der Waals surface area contributed by atoms with Crippen LogP contribution < -0.4 is 10.6 Å². The lowest BCUT2D eigenvalue weighted by Crippen LogP contribution is -2.11. The summed E-state index contributed by atoms with van der Waals surface area (Å²) in [6.45, 7) is 3.40. The van der Waals surface area contributed by atoms with E-state index in [0.29, 0.717) is 5.69 Å². The summed E-state index contributed by atoms with van der Waals surface area (Å²) in [5, 5.41) is 3.58. The van der Waals surface area contributed by atoms with Crippen molar-refractivity contribution in [1.82, 2.24) is 0 Å². The van der Waals surface area contributed by atoms with Gasteiger partial charge in [0.1, 0.15) is 7.14 Å². The Morgan fingerprint density at radius 3 is 2.71 bits per heavy atom. The molecule has 17 heavy (non-hydrogen) atoms. The summed E-state index contributed by atoms with van der Waals surface area (Å²) in [7, 11) is -2.18. The molecular formula is C13H16NO2P. The van der Waals surface area contributed by atoms with Crippen molar-refractivity contribution < 1.29 is 9.36 Å². The first-order chi connectivity index (χ1) is 8.14. The lowest BCUT2D eigenvalue weighted by molar-refractivity contribution is -0.111. The van der Waals surface area contributed by atoms with E-state index >= 15 is 0 Å². The van der Waals surface area contributed by atoms with Crippen LogP contribution in [-0.4, -0.2) is 18.2 Å². The Hall–Kier alpha value is -1.34. The number of hydrogen-bond donors (Lipinski definition) is 1. The molecule has 2 rings (SSSR count). The fourth-order valence-electron chi connectivity index (χ4n) is 2.13. The summed E-state index contributed by atoms with van der Waals surface area (Å²) in [6.07, 6.45) is 4.91. The molecule has 1 aromatic rings. The molecule has 0 atom stereocenters. The number of amides is 1. The molecule has 0 aliphatic carbocycles. The van der Waals surface area contributed by atoms with Gasteiger partial charge in [-0.15, -0.1) is 0 Å². The Balaban J connectivity index is 2.25. The van der Waals surface area contributed by atoms with Gasteiger partial charge in [0.25, 0.3) is 0 Å². The molecule has 90 valence electrons. The molecule has 0 bridgehead atoms. The van der Waals surface area contributed by atoms with Gasteiger partial charge in [0, 0.05) is 23.3 Å². The number of rotatable bonds is 3. The fraction of sp³-hybridized carbons (Fsp3) is 0.308. The van der Waals surface area contributed by atoms with Gasteiger partial charge in [-0.3, -0.25) is 4.79 Å². The monoisotopic (exact) mass is 249 g/mol. The average molecular weight is 249 g/mol. The molecule has 0 aromatic heterocycles. The van der Waals surface area contributed by atoms with Crippen molar-refractivity contribution in [2.24, 2.45) is 0 Å². The maximum Gasteiger partial charge on any atom is 0.247 e. The number of anilines is 1. The maximum absolute atomic E-state index is 12.6. The van der Waals surface area contributed by atoms with Crippen molar-refractivity contribution in [1.29, 1.82) is 0 Å². The standard InChI is InChI=1S/C13H16NO2P/c1-2-13(15)14-11-6-5-7-12(10-11)17(16)8-3-4-9-17/h2,5-7,10H,1,3-4,8-9H2,(H,14,15). The Kier molecular flexibility index (Phi) is 3.49. The van der Waals surface area contributed by atoms with E-state index in [2.05, 4.69) is 11.9 Å². The summed E-state index contributed by atoms with van der Waals surface area (Å²) >= 11 is 0. The van der Waals surface area contributed by atoms with Crippen LogP contribution in [0.5, 0.6) is 0 Å². The summed E-state index contributed by atoms with van der Waals surface area (Å²) in [4.78, 5) is 11.2. The van der Waals surface area contributed by atoms with Gasteiger partial charge in [-0.25, -0.2) is 0 Å². The second-order valence-corrected chi connectivity index (χ2v) is 7.48. The minimum absolute atomic E-state index is 0.244. The largest absolute Gasteiger partial charge is 0.323 e. The molecule has 3 nitrogen and oxygen atoms in total. The summed E-state index contributed by atoms with van der Waals surface area (Å²) in [5.41, 5.74) is 0.689. The highest BCUT2D eigenvalue weighted by Gasteiger charge is 2.28. The zero-order valence-electron chi connectivity index (χ0n) is 9.69. The van der Waals surface area contributed by atoms with Gasteiger partial charge < -0.3 is 9.88 Å². The number of carbonyl (C=O) groups excluding carboxylic acids is 1. The molecule has 0 radical (unpaired) electrons. The van der Waals surface area contributed by atoms with Crippen LogP contribution in [0.1, 0.15) is 12.8 Å². The predicted octanol–water partition coefficient (Wildman–Crippen LogP) is 2.59. The Labute approximate surface area is 101 Å². The molecule has 0 unspecified atom stereocenters. The maximum atomic E-state index is 12.6. The number of nitrogens with one attached hydrogen (secondary N) is 1. The third-order valence-electron chi connectivity index (χ3n) is 3.06. The Morgan fingerprint density at radius 2 is 2.06 bits per heavy atom. The third-order valence-corrected chi connectivity index (χ3v) is 6.35. The van der Waals surface area contributed by atoms with Gasteiger partial charge in [0.2, 0.25) is 5.91 Å². The molecule has 1 aromatic carbocycles. The van der Waals surface area contributed by atoms with Gasteiger partial charge in [-0.1, -0.05) is 18.7 Å². The first-order valence-corrected chi connectivity index (χ1v) is 7.84. The van der Waals surface area contributed by atoms with Crippen LogP contribution in [0.15, 0.2) is 36.9 Å². The number of hydrogen-bond acceptors (Lipinski definition) is 2. The van der Waals surface area contributed by atoms with Crippen molar-refractivity contribution >= 4 is 24.0 Å². The summed E-state index contributed by atoms with van der Waals surface area (Å²) in [6, 6.07) is 7.36. The highest BCUT2D eigenvalue weighted by molar-refractivity contribution is 7.71.